The second kappa shape index (κ2) is 7.68. The zero-order chi connectivity index (χ0) is 12.4. The van der Waals surface area contributed by atoms with Gasteiger partial charge in [0.15, 0.2) is 0 Å². The maximum absolute atomic E-state index is 12.4. The van der Waals surface area contributed by atoms with E-state index >= 15 is 0 Å². The zero-order valence-corrected chi connectivity index (χ0v) is 13.1. The molecule has 19 heavy (non-hydrogen) atoms. The van der Waals surface area contributed by atoms with Gasteiger partial charge in [-0.05, 0) is 32.4 Å². The number of carbonyl (C=O) groups excluding carboxylic acids is 1. The Labute approximate surface area is 126 Å². The van der Waals surface area contributed by atoms with Crippen molar-refractivity contribution in [1.29, 1.82) is 0 Å². The summed E-state index contributed by atoms with van der Waals surface area (Å²) in [4.78, 5) is 18.5. The van der Waals surface area contributed by atoms with Crippen LogP contribution in [0.15, 0.2) is 18.3 Å². The maximum Gasteiger partial charge on any atom is 0.273 e. The van der Waals surface area contributed by atoms with Gasteiger partial charge in [0.2, 0.25) is 0 Å². The first kappa shape index (κ1) is 18.2. The van der Waals surface area contributed by atoms with Gasteiger partial charge in [-0.2, -0.15) is 0 Å². The minimum atomic E-state index is 0. The van der Waals surface area contributed by atoms with Crippen molar-refractivity contribution in [2.75, 3.05) is 13.1 Å². The molecule has 2 atom stereocenters. The fourth-order valence-electron chi connectivity index (χ4n) is 2.15. The van der Waals surface area contributed by atoms with Crippen LogP contribution in [-0.4, -0.2) is 41.0 Å². The van der Waals surface area contributed by atoms with Gasteiger partial charge in [0.1, 0.15) is 5.69 Å². The Morgan fingerprint density at radius 1 is 1.42 bits per heavy atom. The number of hydrogen-bond acceptors (Lipinski definition) is 3. The van der Waals surface area contributed by atoms with E-state index < -0.39 is 0 Å². The number of amides is 1. The molecule has 1 saturated heterocycles. The molecule has 1 N–H and O–H groups in total. The van der Waals surface area contributed by atoms with Crippen LogP contribution in [0.25, 0.3) is 0 Å². The fourth-order valence-corrected chi connectivity index (χ4v) is 2.15. The Morgan fingerprint density at radius 2 is 2.11 bits per heavy atom. The number of hydrogen-bond donors (Lipinski definition) is 1. The standard InChI is InChI=1S/C13H19N3O.2ClH/c1-9-5-4-6-14-12(9)13(17)16-8-10(2)15-7-11(16)3;;/h4-6,10-11,15H,7-8H2,1-3H3;2*1H. The number of rotatable bonds is 1. The molecule has 108 valence electrons. The molecular weight excluding hydrogens is 285 g/mol. The van der Waals surface area contributed by atoms with Crippen LogP contribution in [0, 0.1) is 6.92 Å². The molecule has 2 rings (SSSR count). The van der Waals surface area contributed by atoms with Gasteiger partial charge in [0.25, 0.3) is 5.91 Å². The van der Waals surface area contributed by atoms with Crippen LogP contribution in [0.5, 0.6) is 0 Å². The van der Waals surface area contributed by atoms with Crippen LogP contribution < -0.4 is 5.32 Å². The van der Waals surface area contributed by atoms with E-state index in [9.17, 15) is 4.79 Å². The van der Waals surface area contributed by atoms with Crippen molar-refractivity contribution in [3.63, 3.8) is 0 Å². The Kier molecular flexibility index (Phi) is 7.34. The Bertz CT molecular complexity index is 428. The van der Waals surface area contributed by atoms with Crippen molar-refractivity contribution >= 4 is 30.7 Å². The molecule has 2 unspecified atom stereocenters. The molecule has 1 aromatic heterocycles. The zero-order valence-electron chi connectivity index (χ0n) is 11.4. The first-order valence-corrected chi connectivity index (χ1v) is 6.05. The molecule has 0 radical (unpaired) electrons. The number of nitrogens with one attached hydrogen (secondary N) is 1. The first-order valence-electron chi connectivity index (χ1n) is 6.05. The number of halogens is 2. The van der Waals surface area contributed by atoms with Crippen molar-refractivity contribution in [3.05, 3.63) is 29.6 Å². The average molecular weight is 306 g/mol. The SMILES string of the molecule is Cc1cccnc1C(=O)N1CC(C)NCC1C.Cl.Cl. The van der Waals surface area contributed by atoms with E-state index in [0.29, 0.717) is 11.7 Å². The number of aromatic nitrogens is 1. The molecule has 1 aliphatic heterocycles. The third kappa shape index (κ3) is 4.06. The molecule has 1 aromatic rings. The summed E-state index contributed by atoms with van der Waals surface area (Å²) >= 11 is 0. The Morgan fingerprint density at radius 3 is 2.74 bits per heavy atom. The molecule has 0 bridgehead atoms. The Hall–Kier alpha value is -0.840. The Balaban J connectivity index is 0.00000162. The molecule has 0 spiro atoms. The van der Waals surface area contributed by atoms with Gasteiger partial charge in [0, 0.05) is 31.4 Å². The number of nitrogens with zero attached hydrogens (tertiary/aromatic N) is 2. The number of piperazine rings is 1. The lowest BCUT2D eigenvalue weighted by molar-refractivity contribution is 0.0609. The second-order valence-corrected chi connectivity index (χ2v) is 4.78. The van der Waals surface area contributed by atoms with Crippen LogP contribution in [0.2, 0.25) is 0 Å². The molecule has 0 aliphatic carbocycles. The maximum atomic E-state index is 12.4. The number of pyridine rings is 1. The van der Waals surface area contributed by atoms with Gasteiger partial charge in [-0.25, -0.2) is 0 Å². The van der Waals surface area contributed by atoms with Gasteiger partial charge in [-0.3, -0.25) is 9.78 Å². The molecule has 1 amide bonds. The van der Waals surface area contributed by atoms with Gasteiger partial charge in [0.05, 0.1) is 0 Å². The number of aryl methyl sites for hydroxylation is 1. The van der Waals surface area contributed by atoms with Crippen molar-refractivity contribution in [2.45, 2.75) is 32.9 Å². The fraction of sp³-hybridized carbons (Fsp3) is 0.538. The van der Waals surface area contributed by atoms with Gasteiger partial charge in [-0.15, -0.1) is 24.8 Å². The van der Waals surface area contributed by atoms with E-state index in [4.69, 9.17) is 0 Å². The summed E-state index contributed by atoms with van der Waals surface area (Å²) in [7, 11) is 0. The van der Waals surface area contributed by atoms with E-state index in [1.165, 1.54) is 0 Å². The molecule has 0 saturated carbocycles. The molecule has 2 heterocycles. The highest BCUT2D eigenvalue weighted by Gasteiger charge is 2.28. The monoisotopic (exact) mass is 305 g/mol. The normalized spacial score (nSPS) is 22.2. The lowest BCUT2D eigenvalue weighted by atomic mass is 10.1. The topological polar surface area (TPSA) is 45.2 Å². The van der Waals surface area contributed by atoms with E-state index in [1.54, 1.807) is 6.20 Å². The summed E-state index contributed by atoms with van der Waals surface area (Å²) in [5, 5.41) is 3.37. The van der Waals surface area contributed by atoms with Crippen molar-refractivity contribution in [1.82, 2.24) is 15.2 Å². The van der Waals surface area contributed by atoms with Crippen molar-refractivity contribution in [2.24, 2.45) is 0 Å². The molecule has 0 aromatic carbocycles. The number of carbonyl (C=O) groups is 1. The van der Waals surface area contributed by atoms with Crippen LogP contribution in [0.4, 0.5) is 0 Å². The van der Waals surface area contributed by atoms with Crippen LogP contribution >= 0.6 is 24.8 Å². The van der Waals surface area contributed by atoms with Crippen molar-refractivity contribution in [3.8, 4) is 0 Å². The first-order chi connectivity index (χ1) is 8.09. The van der Waals surface area contributed by atoms with E-state index in [-0.39, 0.29) is 36.8 Å². The summed E-state index contributed by atoms with van der Waals surface area (Å²) in [5.74, 6) is 0.0453. The highest BCUT2D eigenvalue weighted by molar-refractivity contribution is 5.94. The van der Waals surface area contributed by atoms with E-state index in [1.807, 2.05) is 24.0 Å². The minimum Gasteiger partial charge on any atom is -0.332 e. The lowest BCUT2D eigenvalue weighted by Gasteiger charge is -2.37. The van der Waals surface area contributed by atoms with E-state index in [2.05, 4.69) is 24.1 Å². The van der Waals surface area contributed by atoms with Crippen LogP contribution in [0.1, 0.15) is 29.9 Å². The second-order valence-electron chi connectivity index (χ2n) is 4.78. The van der Waals surface area contributed by atoms with Gasteiger partial charge in [-0.1, -0.05) is 6.07 Å². The summed E-state index contributed by atoms with van der Waals surface area (Å²) < 4.78 is 0. The highest BCUT2D eigenvalue weighted by Crippen LogP contribution is 2.13. The predicted molar refractivity (Wildman–Crippen MR) is 81.4 cm³/mol. The van der Waals surface area contributed by atoms with Gasteiger partial charge >= 0.3 is 0 Å². The highest BCUT2D eigenvalue weighted by atomic mass is 35.5. The molecule has 1 aliphatic rings. The average Bonchev–Trinajstić information content (AvgIpc) is 2.32. The van der Waals surface area contributed by atoms with E-state index in [0.717, 1.165) is 18.7 Å². The summed E-state index contributed by atoms with van der Waals surface area (Å²) in [6.07, 6.45) is 1.68. The molecule has 1 fully saturated rings. The summed E-state index contributed by atoms with van der Waals surface area (Å²) in [5.41, 5.74) is 1.52. The molecule has 6 heteroatoms. The summed E-state index contributed by atoms with van der Waals surface area (Å²) in [6, 6.07) is 4.35. The molecular formula is C13H21Cl2N3O. The van der Waals surface area contributed by atoms with Crippen molar-refractivity contribution < 1.29 is 4.79 Å². The summed E-state index contributed by atoms with van der Waals surface area (Å²) in [6.45, 7) is 7.68. The van der Waals surface area contributed by atoms with Crippen LogP contribution in [-0.2, 0) is 0 Å². The third-order valence-corrected chi connectivity index (χ3v) is 3.24. The smallest absolute Gasteiger partial charge is 0.273 e. The largest absolute Gasteiger partial charge is 0.332 e. The van der Waals surface area contributed by atoms with Crippen LogP contribution in [0.3, 0.4) is 0 Å². The quantitative estimate of drug-likeness (QED) is 0.864. The lowest BCUT2D eigenvalue weighted by Crippen LogP contribution is -2.56. The third-order valence-electron chi connectivity index (χ3n) is 3.24. The minimum absolute atomic E-state index is 0. The predicted octanol–water partition coefficient (Wildman–Crippen LogP) is 2.06. The molecule has 4 nitrogen and oxygen atoms in total. The van der Waals surface area contributed by atoms with Gasteiger partial charge < -0.3 is 10.2 Å².